The molecule has 1 aliphatic carbocycles. The molecule has 1 saturated carbocycles. The molecule has 1 aliphatic rings. The SMILES string of the molecule is [SiH3][C]1CCCC1. The molecule has 0 amide bonds. The van der Waals surface area contributed by atoms with E-state index in [1.165, 1.54) is 35.9 Å². The molecule has 1 radical (unpaired) electrons. The molecule has 1 heteroatoms. The average molecular weight is 99.2 g/mol. The Morgan fingerprint density at radius 2 is 1.67 bits per heavy atom. The second-order valence-corrected chi connectivity index (χ2v) is 3.58. The number of hydrogen-bond acceptors (Lipinski definition) is 0. The lowest BCUT2D eigenvalue weighted by Crippen LogP contribution is -1.83. The van der Waals surface area contributed by atoms with Crippen LogP contribution in [-0.2, 0) is 0 Å². The van der Waals surface area contributed by atoms with E-state index in [9.17, 15) is 0 Å². The predicted molar refractivity (Wildman–Crippen MR) is 31.6 cm³/mol. The Morgan fingerprint density at radius 3 is 1.83 bits per heavy atom. The van der Waals surface area contributed by atoms with Gasteiger partial charge in [-0.05, 0) is 5.54 Å². The van der Waals surface area contributed by atoms with E-state index < -0.39 is 0 Å². The van der Waals surface area contributed by atoms with Gasteiger partial charge in [-0.2, -0.15) is 0 Å². The molecular formula is C5H11Si. The van der Waals surface area contributed by atoms with Gasteiger partial charge in [-0.3, -0.25) is 0 Å². The van der Waals surface area contributed by atoms with Crippen LogP contribution in [0.15, 0.2) is 0 Å². The highest BCUT2D eigenvalue weighted by Gasteiger charge is 2.07. The van der Waals surface area contributed by atoms with Gasteiger partial charge < -0.3 is 0 Å². The summed E-state index contributed by atoms with van der Waals surface area (Å²) >= 11 is 0. The van der Waals surface area contributed by atoms with Crippen LogP contribution in [0.25, 0.3) is 0 Å². The zero-order chi connectivity index (χ0) is 4.41. The average Bonchev–Trinajstić information content (AvgIpc) is 1.86. The largest absolute Gasteiger partial charge is 0.0531 e. The van der Waals surface area contributed by atoms with E-state index in [1.807, 2.05) is 5.54 Å². The van der Waals surface area contributed by atoms with Crippen LogP contribution in [0.4, 0.5) is 0 Å². The molecule has 0 spiro atoms. The van der Waals surface area contributed by atoms with E-state index in [2.05, 4.69) is 0 Å². The molecule has 0 nitrogen and oxygen atoms in total. The van der Waals surface area contributed by atoms with Gasteiger partial charge in [-0.1, -0.05) is 25.7 Å². The summed E-state index contributed by atoms with van der Waals surface area (Å²) in [7, 11) is 1.37. The van der Waals surface area contributed by atoms with Crippen LogP contribution in [0.3, 0.4) is 0 Å². The van der Waals surface area contributed by atoms with E-state index in [-0.39, 0.29) is 0 Å². The van der Waals surface area contributed by atoms with Crippen molar-refractivity contribution in [1.82, 2.24) is 0 Å². The van der Waals surface area contributed by atoms with Crippen molar-refractivity contribution in [3.05, 3.63) is 5.54 Å². The Kier molecular flexibility index (Phi) is 1.30. The Bertz CT molecular complexity index is 37.2. The molecule has 1 fully saturated rings. The van der Waals surface area contributed by atoms with Gasteiger partial charge in [0, 0.05) is 10.2 Å². The summed E-state index contributed by atoms with van der Waals surface area (Å²) in [6, 6.07) is 0. The maximum atomic E-state index is 1.84. The first-order valence-electron chi connectivity index (χ1n) is 2.71. The molecule has 0 heterocycles. The number of hydrogen-bond donors (Lipinski definition) is 0. The zero-order valence-corrected chi connectivity index (χ0v) is 6.33. The van der Waals surface area contributed by atoms with Crippen molar-refractivity contribution in [2.45, 2.75) is 25.7 Å². The zero-order valence-electron chi connectivity index (χ0n) is 4.33. The van der Waals surface area contributed by atoms with Crippen molar-refractivity contribution >= 4 is 10.2 Å². The topological polar surface area (TPSA) is 0 Å². The lowest BCUT2D eigenvalue weighted by molar-refractivity contribution is 0.886. The number of rotatable bonds is 0. The van der Waals surface area contributed by atoms with Gasteiger partial charge in [0.05, 0.1) is 0 Å². The molecule has 0 N–H and O–H groups in total. The van der Waals surface area contributed by atoms with Crippen molar-refractivity contribution in [2.75, 3.05) is 0 Å². The van der Waals surface area contributed by atoms with Gasteiger partial charge >= 0.3 is 0 Å². The van der Waals surface area contributed by atoms with Crippen molar-refractivity contribution in [2.24, 2.45) is 0 Å². The summed E-state index contributed by atoms with van der Waals surface area (Å²) in [6.07, 6.45) is 5.90. The minimum absolute atomic E-state index is 1.37. The highest BCUT2D eigenvalue weighted by molar-refractivity contribution is 6.18. The Balaban J connectivity index is 2.18. The maximum Gasteiger partial charge on any atom is 0.0109 e. The summed E-state index contributed by atoms with van der Waals surface area (Å²) in [5.74, 6) is 0. The second kappa shape index (κ2) is 1.78. The van der Waals surface area contributed by atoms with Crippen molar-refractivity contribution < 1.29 is 0 Å². The van der Waals surface area contributed by atoms with Crippen molar-refractivity contribution in [1.29, 1.82) is 0 Å². The minimum Gasteiger partial charge on any atom is -0.0531 e. The fourth-order valence-corrected chi connectivity index (χ4v) is 1.69. The summed E-state index contributed by atoms with van der Waals surface area (Å²) in [5.41, 5.74) is 1.84. The Morgan fingerprint density at radius 1 is 1.17 bits per heavy atom. The van der Waals surface area contributed by atoms with Gasteiger partial charge in [0.2, 0.25) is 0 Å². The van der Waals surface area contributed by atoms with Gasteiger partial charge in [-0.15, -0.1) is 0 Å². The smallest absolute Gasteiger partial charge is 0.0109 e. The van der Waals surface area contributed by atoms with Crippen molar-refractivity contribution in [3.8, 4) is 0 Å². The van der Waals surface area contributed by atoms with Crippen LogP contribution in [-0.4, -0.2) is 10.2 Å². The summed E-state index contributed by atoms with van der Waals surface area (Å²) in [5, 5.41) is 0. The lowest BCUT2D eigenvalue weighted by Gasteiger charge is -1.90. The van der Waals surface area contributed by atoms with Crippen LogP contribution in [0.1, 0.15) is 25.7 Å². The predicted octanol–water partition coefficient (Wildman–Crippen LogP) is 0.458. The van der Waals surface area contributed by atoms with E-state index in [4.69, 9.17) is 0 Å². The molecule has 0 aliphatic heterocycles. The van der Waals surface area contributed by atoms with E-state index >= 15 is 0 Å². The van der Waals surface area contributed by atoms with E-state index in [1.54, 1.807) is 0 Å². The van der Waals surface area contributed by atoms with E-state index in [0.717, 1.165) is 0 Å². The molecule has 0 atom stereocenters. The summed E-state index contributed by atoms with van der Waals surface area (Å²) < 4.78 is 0. The molecule has 35 valence electrons. The van der Waals surface area contributed by atoms with Crippen LogP contribution < -0.4 is 0 Å². The quantitative estimate of drug-likeness (QED) is 0.387. The minimum atomic E-state index is 1.37. The third kappa shape index (κ3) is 0.838. The molecule has 0 aromatic carbocycles. The first-order valence-corrected chi connectivity index (χ1v) is 3.71. The molecule has 0 unspecified atom stereocenters. The molecule has 6 heavy (non-hydrogen) atoms. The normalized spacial score (nSPS) is 26.0. The van der Waals surface area contributed by atoms with Gasteiger partial charge in [0.25, 0.3) is 0 Å². The standard InChI is InChI=1S/C5H11Si/c6-5-3-1-2-4-5/h1-4H2,6H3. The molecule has 0 saturated heterocycles. The van der Waals surface area contributed by atoms with Gasteiger partial charge in [-0.25, -0.2) is 0 Å². The third-order valence-electron chi connectivity index (χ3n) is 1.46. The third-order valence-corrected chi connectivity index (χ3v) is 2.46. The molecule has 1 rings (SSSR count). The molecule has 0 bridgehead atoms. The van der Waals surface area contributed by atoms with Crippen LogP contribution in [0, 0.1) is 5.54 Å². The van der Waals surface area contributed by atoms with Gasteiger partial charge in [0.1, 0.15) is 0 Å². The van der Waals surface area contributed by atoms with Crippen LogP contribution in [0.2, 0.25) is 0 Å². The first kappa shape index (κ1) is 4.38. The van der Waals surface area contributed by atoms with E-state index in [0.29, 0.717) is 0 Å². The highest BCUT2D eigenvalue weighted by atomic mass is 28.1. The van der Waals surface area contributed by atoms with Crippen LogP contribution >= 0.6 is 0 Å². The second-order valence-electron chi connectivity index (χ2n) is 2.16. The summed E-state index contributed by atoms with van der Waals surface area (Å²) in [4.78, 5) is 0. The van der Waals surface area contributed by atoms with Crippen LogP contribution in [0.5, 0.6) is 0 Å². The first-order chi connectivity index (χ1) is 2.89. The summed E-state index contributed by atoms with van der Waals surface area (Å²) in [6.45, 7) is 0. The van der Waals surface area contributed by atoms with Gasteiger partial charge in [0.15, 0.2) is 0 Å². The highest BCUT2D eigenvalue weighted by Crippen LogP contribution is 2.22. The maximum absolute atomic E-state index is 1.84. The fourth-order valence-electron chi connectivity index (χ4n) is 0.979. The lowest BCUT2D eigenvalue weighted by atomic mass is 10.4. The molecular weight excluding hydrogens is 88.1 g/mol. The monoisotopic (exact) mass is 99.1 g/mol. The fraction of sp³-hybridized carbons (Fsp3) is 0.800. The Hall–Kier alpha value is 0.217. The molecule has 0 aromatic heterocycles. The molecule has 0 aromatic rings. The van der Waals surface area contributed by atoms with Crippen molar-refractivity contribution in [3.63, 3.8) is 0 Å². The Labute approximate surface area is 42.4 Å².